The van der Waals surface area contributed by atoms with E-state index in [0.717, 1.165) is 4.31 Å². The molecular weight excluding hydrogens is 513 g/mol. The normalized spacial score (nSPS) is 17.7. The molecule has 2 aliphatic heterocycles. The first-order valence-electron chi connectivity index (χ1n) is 11.3. The molecule has 1 atom stereocenters. The lowest BCUT2D eigenvalue weighted by atomic mass is 9.87. The van der Waals surface area contributed by atoms with E-state index < -0.39 is 21.8 Å². The largest absolute Gasteiger partial charge is 0.502 e. The summed E-state index contributed by atoms with van der Waals surface area (Å²) in [6, 6.07) is 17.3. The monoisotopic (exact) mass is 535 g/mol. The predicted molar refractivity (Wildman–Crippen MR) is 137 cm³/mol. The lowest BCUT2D eigenvalue weighted by molar-refractivity contribution is 0.338. The molecule has 2 aliphatic rings. The van der Waals surface area contributed by atoms with Gasteiger partial charge in [0.25, 0.3) is 10.0 Å². The number of para-hydroxylation sites is 1. The number of phenolic OH excluding ortho intramolecular Hbond substituents is 1. The SMILES string of the molecule is COc1cc([C@H]2C(C#N)=C(N)OC3=C2S(=O)(=O)N(Cc2ccccc2F)c2ccccc23)cc(OC)c1O. The highest BCUT2D eigenvalue weighted by molar-refractivity contribution is 7.96. The minimum atomic E-state index is -4.43. The number of nitriles is 1. The van der Waals surface area contributed by atoms with Crippen molar-refractivity contribution in [1.82, 2.24) is 0 Å². The van der Waals surface area contributed by atoms with Gasteiger partial charge in [0.15, 0.2) is 17.3 Å². The lowest BCUT2D eigenvalue weighted by Crippen LogP contribution is -2.39. The average molecular weight is 536 g/mol. The third-order valence-electron chi connectivity index (χ3n) is 6.47. The van der Waals surface area contributed by atoms with Crippen molar-refractivity contribution < 1.29 is 32.1 Å². The molecule has 0 radical (unpaired) electrons. The van der Waals surface area contributed by atoms with Crippen LogP contribution >= 0.6 is 0 Å². The number of ether oxygens (including phenoxy) is 3. The van der Waals surface area contributed by atoms with Gasteiger partial charge in [-0.15, -0.1) is 0 Å². The Hall–Kier alpha value is -4.69. The molecule has 0 bridgehead atoms. The fraction of sp³-hybridized carbons (Fsp3) is 0.148. The van der Waals surface area contributed by atoms with Crippen molar-refractivity contribution in [2.24, 2.45) is 5.73 Å². The van der Waals surface area contributed by atoms with Crippen molar-refractivity contribution in [3.05, 3.63) is 99.5 Å². The van der Waals surface area contributed by atoms with Crippen molar-refractivity contribution in [1.29, 1.82) is 5.26 Å². The Bertz CT molecular complexity index is 1650. The van der Waals surface area contributed by atoms with Crippen LogP contribution in [0.3, 0.4) is 0 Å². The zero-order valence-electron chi connectivity index (χ0n) is 20.3. The summed E-state index contributed by atoms with van der Waals surface area (Å²) in [6.07, 6.45) is 0. The number of hydrogen-bond donors (Lipinski definition) is 2. The number of nitrogens with two attached hydrogens (primary N) is 1. The van der Waals surface area contributed by atoms with Gasteiger partial charge in [-0.2, -0.15) is 5.26 Å². The number of halogens is 1. The molecule has 11 heteroatoms. The number of sulfonamides is 1. The van der Waals surface area contributed by atoms with Crippen LogP contribution in [0.15, 0.2) is 77.0 Å². The summed E-state index contributed by atoms with van der Waals surface area (Å²) in [7, 11) is -1.78. The fourth-order valence-electron chi connectivity index (χ4n) is 4.67. The minimum absolute atomic E-state index is 0.000623. The number of anilines is 1. The molecule has 0 unspecified atom stereocenters. The maximum absolute atomic E-state index is 14.6. The first-order valence-corrected chi connectivity index (χ1v) is 12.8. The maximum Gasteiger partial charge on any atom is 0.265 e. The summed E-state index contributed by atoms with van der Waals surface area (Å²) >= 11 is 0. The van der Waals surface area contributed by atoms with Crippen molar-refractivity contribution >= 4 is 21.5 Å². The summed E-state index contributed by atoms with van der Waals surface area (Å²) in [6.45, 7) is -0.307. The summed E-state index contributed by atoms with van der Waals surface area (Å²) in [5.41, 5.74) is 7.06. The van der Waals surface area contributed by atoms with E-state index in [4.69, 9.17) is 19.9 Å². The zero-order chi connectivity index (χ0) is 27.2. The molecule has 0 saturated carbocycles. The molecule has 0 aromatic heterocycles. The number of allylic oxidation sites excluding steroid dienone is 2. The Morgan fingerprint density at radius 3 is 2.37 bits per heavy atom. The quantitative estimate of drug-likeness (QED) is 0.499. The van der Waals surface area contributed by atoms with Crippen LogP contribution in [0.5, 0.6) is 17.2 Å². The van der Waals surface area contributed by atoms with E-state index in [1.807, 2.05) is 6.07 Å². The topological polar surface area (TPSA) is 135 Å². The molecule has 3 aromatic carbocycles. The number of hydrogen-bond acceptors (Lipinski definition) is 8. The van der Waals surface area contributed by atoms with E-state index in [-0.39, 0.29) is 62.7 Å². The highest BCUT2D eigenvalue weighted by atomic mass is 32.2. The fourth-order valence-corrected chi connectivity index (χ4v) is 6.58. The van der Waals surface area contributed by atoms with Gasteiger partial charge in [-0.25, -0.2) is 12.8 Å². The van der Waals surface area contributed by atoms with Crippen LogP contribution in [-0.4, -0.2) is 27.7 Å². The second-order valence-electron chi connectivity index (χ2n) is 8.51. The first-order chi connectivity index (χ1) is 18.2. The smallest absolute Gasteiger partial charge is 0.265 e. The predicted octanol–water partition coefficient (Wildman–Crippen LogP) is 4.07. The number of benzene rings is 3. The van der Waals surface area contributed by atoms with Gasteiger partial charge in [0.1, 0.15) is 22.4 Å². The van der Waals surface area contributed by atoms with Gasteiger partial charge < -0.3 is 25.1 Å². The Balaban J connectivity index is 1.80. The van der Waals surface area contributed by atoms with Gasteiger partial charge >= 0.3 is 0 Å². The highest BCUT2D eigenvalue weighted by Gasteiger charge is 2.47. The van der Waals surface area contributed by atoms with Crippen molar-refractivity contribution in [3.8, 4) is 23.3 Å². The standard InChI is InChI=1S/C27H22FN3O6S/c1-35-21-11-16(12-22(36-2)24(21)32)23-18(13-29)27(30)37-25-17-8-4-6-10-20(17)31(38(33,34)26(23)25)14-15-7-3-5-9-19(15)28/h3-12,23,32H,14,30H2,1-2H3/t23-/m0/s1. The lowest BCUT2D eigenvalue weighted by Gasteiger charge is -2.38. The number of rotatable bonds is 5. The minimum Gasteiger partial charge on any atom is -0.502 e. The molecule has 38 heavy (non-hydrogen) atoms. The third-order valence-corrected chi connectivity index (χ3v) is 8.35. The zero-order valence-corrected chi connectivity index (χ0v) is 21.1. The van der Waals surface area contributed by atoms with Crippen LogP contribution in [0, 0.1) is 17.1 Å². The van der Waals surface area contributed by atoms with E-state index in [0.29, 0.717) is 5.56 Å². The van der Waals surface area contributed by atoms with E-state index in [9.17, 15) is 23.2 Å². The van der Waals surface area contributed by atoms with Gasteiger partial charge in [0, 0.05) is 11.1 Å². The average Bonchev–Trinajstić information content (AvgIpc) is 2.91. The van der Waals surface area contributed by atoms with Gasteiger partial charge in [-0.05, 0) is 35.9 Å². The number of fused-ring (bicyclic) bond motifs is 2. The molecule has 0 amide bonds. The van der Waals surface area contributed by atoms with Crippen molar-refractivity contribution in [2.45, 2.75) is 12.5 Å². The Morgan fingerprint density at radius 1 is 1.11 bits per heavy atom. The van der Waals surface area contributed by atoms with E-state index >= 15 is 0 Å². The number of nitrogens with zero attached hydrogens (tertiary/aromatic N) is 2. The highest BCUT2D eigenvalue weighted by Crippen LogP contribution is 2.53. The van der Waals surface area contributed by atoms with Crippen LogP contribution in [0.1, 0.15) is 22.6 Å². The second-order valence-corrected chi connectivity index (χ2v) is 10.3. The number of methoxy groups -OCH3 is 2. The Kier molecular flexibility index (Phi) is 6.12. The number of phenols is 1. The molecular formula is C27H22FN3O6S. The Labute approximate surface area is 218 Å². The third kappa shape index (κ3) is 3.77. The summed E-state index contributed by atoms with van der Waals surface area (Å²) < 4.78 is 60.7. The molecule has 5 rings (SSSR count). The first kappa shape index (κ1) is 25.0. The van der Waals surface area contributed by atoms with Crippen molar-refractivity contribution in [3.63, 3.8) is 0 Å². The molecule has 3 N–H and O–H groups in total. The number of aromatic hydroxyl groups is 1. The molecule has 0 aliphatic carbocycles. The molecule has 3 aromatic rings. The molecule has 0 spiro atoms. The van der Waals surface area contributed by atoms with Crippen LogP contribution < -0.4 is 19.5 Å². The van der Waals surface area contributed by atoms with Crippen LogP contribution in [-0.2, 0) is 21.3 Å². The second kappa shape index (κ2) is 9.32. The van der Waals surface area contributed by atoms with E-state index in [2.05, 4.69) is 0 Å². The summed E-state index contributed by atoms with van der Waals surface area (Å²) in [5, 5.41) is 20.5. The summed E-state index contributed by atoms with van der Waals surface area (Å²) in [4.78, 5) is -0.256. The van der Waals surface area contributed by atoms with Gasteiger partial charge in [-0.3, -0.25) is 4.31 Å². The molecule has 194 valence electrons. The van der Waals surface area contributed by atoms with Crippen LogP contribution in [0.25, 0.3) is 5.76 Å². The van der Waals surface area contributed by atoms with Crippen molar-refractivity contribution in [2.75, 3.05) is 18.5 Å². The molecule has 9 nitrogen and oxygen atoms in total. The van der Waals surface area contributed by atoms with Gasteiger partial charge in [-0.1, -0.05) is 30.3 Å². The van der Waals surface area contributed by atoms with Crippen LogP contribution in [0.2, 0.25) is 0 Å². The van der Waals surface area contributed by atoms with E-state index in [1.54, 1.807) is 30.3 Å². The van der Waals surface area contributed by atoms with Gasteiger partial charge in [0.05, 0.1) is 32.4 Å². The summed E-state index contributed by atoms with van der Waals surface area (Å²) in [5.74, 6) is -2.41. The molecule has 0 saturated heterocycles. The molecule has 2 heterocycles. The van der Waals surface area contributed by atoms with Crippen LogP contribution in [0.4, 0.5) is 10.1 Å². The molecule has 0 fully saturated rings. The Morgan fingerprint density at radius 2 is 1.74 bits per heavy atom. The van der Waals surface area contributed by atoms with Gasteiger partial charge in [0.2, 0.25) is 11.6 Å². The van der Waals surface area contributed by atoms with E-state index in [1.165, 1.54) is 44.6 Å². The maximum atomic E-state index is 14.6.